The first-order valence-electron chi connectivity index (χ1n) is 6.48. The average molecular weight is 388 g/mol. The number of nitrogens with zero attached hydrogens (tertiary/aromatic N) is 2. The van der Waals surface area contributed by atoms with E-state index in [-0.39, 0.29) is 11.2 Å². The maximum Gasteiger partial charge on any atom is 0.139 e. The van der Waals surface area contributed by atoms with Crippen molar-refractivity contribution >= 4 is 49.9 Å². The fourth-order valence-corrected chi connectivity index (χ4v) is 3.67. The lowest BCUT2D eigenvalue weighted by Gasteiger charge is -2.10. The quantitative estimate of drug-likeness (QED) is 0.530. The van der Waals surface area contributed by atoms with E-state index < -0.39 is 0 Å². The summed E-state index contributed by atoms with van der Waals surface area (Å²) >= 11 is 11.2. The molecule has 0 fully saturated rings. The zero-order valence-corrected chi connectivity index (χ0v) is 14.7. The molecule has 0 aliphatic carbocycles. The van der Waals surface area contributed by atoms with Gasteiger partial charge in [-0.15, -0.1) is 11.6 Å². The minimum atomic E-state index is -0.312. The van der Waals surface area contributed by atoms with Crippen molar-refractivity contribution in [2.24, 2.45) is 0 Å². The van der Waals surface area contributed by atoms with Gasteiger partial charge in [0.1, 0.15) is 11.6 Å². The van der Waals surface area contributed by atoms with E-state index in [1.165, 1.54) is 17.2 Å². The lowest BCUT2D eigenvalue weighted by atomic mass is 10.2. The first kappa shape index (κ1) is 15.0. The number of rotatable bonds is 3. The lowest BCUT2D eigenvalue weighted by molar-refractivity contribution is 0.622. The largest absolute Gasteiger partial charge is 0.322 e. The highest BCUT2D eigenvalue weighted by molar-refractivity contribution is 9.10. The zero-order valence-electron chi connectivity index (χ0n) is 11.5. The van der Waals surface area contributed by atoms with E-state index in [4.69, 9.17) is 11.6 Å². The van der Waals surface area contributed by atoms with Crippen molar-refractivity contribution in [3.8, 4) is 0 Å². The summed E-state index contributed by atoms with van der Waals surface area (Å²) in [6, 6.07) is 3.21. The molecular weight excluding hydrogens is 375 g/mol. The Kier molecular flexibility index (Phi) is 4.08. The Hall–Kier alpha value is -0.910. The van der Waals surface area contributed by atoms with Gasteiger partial charge < -0.3 is 4.57 Å². The number of imidazole rings is 1. The molecule has 2 aromatic heterocycles. The number of hydrogen-bond donors (Lipinski definition) is 0. The second-order valence-electron chi connectivity index (χ2n) is 5.01. The highest BCUT2D eigenvalue weighted by atomic mass is 79.9. The molecule has 0 bridgehead atoms. The molecule has 0 radical (unpaired) electrons. The Morgan fingerprint density at radius 2 is 2.19 bits per heavy atom. The number of benzene rings is 1. The van der Waals surface area contributed by atoms with Crippen LogP contribution in [0.4, 0.5) is 4.39 Å². The van der Waals surface area contributed by atoms with E-state index in [9.17, 15) is 4.39 Å². The van der Waals surface area contributed by atoms with Gasteiger partial charge in [0.05, 0.1) is 27.4 Å². The van der Waals surface area contributed by atoms with E-state index in [1.807, 2.05) is 6.92 Å². The van der Waals surface area contributed by atoms with Crippen molar-refractivity contribution in [1.82, 2.24) is 9.55 Å². The summed E-state index contributed by atoms with van der Waals surface area (Å²) in [5.41, 5.74) is 4.00. The molecular formula is C15H13BrClFN2S. The van der Waals surface area contributed by atoms with Crippen molar-refractivity contribution < 1.29 is 4.39 Å². The second kappa shape index (κ2) is 5.71. The third kappa shape index (κ3) is 2.74. The van der Waals surface area contributed by atoms with E-state index in [2.05, 4.69) is 43.2 Å². The van der Waals surface area contributed by atoms with Crippen LogP contribution in [0.5, 0.6) is 0 Å². The topological polar surface area (TPSA) is 17.8 Å². The molecule has 3 rings (SSSR count). The van der Waals surface area contributed by atoms with Crippen LogP contribution < -0.4 is 0 Å². The number of halogens is 3. The molecule has 21 heavy (non-hydrogen) atoms. The molecule has 6 heteroatoms. The standard InChI is InChI=1S/C15H13BrClFN2S/c1-8-6-21-7-10(8)5-20-14-3-11(16)12(18)4-13(14)19-15(20)9(2)17/h3-4,6-7,9H,5H2,1-2H3. The first-order chi connectivity index (χ1) is 9.97. The molecule has 0 N–H and O–H groups in total. The van der Waals surface area contributed by atoms with E-state index in [0.29, 0.717) is 16.5 Å². The van der Waals surface area contributed by atoms with Crippen LogP contribution in [0.25, 0.3) is 11.0 Å². The zero-order chi connectivity index (χ0) is 15.1. The van der Waals surface area contributed by atoms with Gasteiger partial charge in [0, 0.05) is 6.07 Å². The Morgan fingerprint density at radius 1 is 1.43 bits per heavy atom. The molecule has 0 spiro atoms. The Bertz CT molecular complexity index is 809. The van der Waals surface area contributed by atoms with Crippen LogP contribution in [0.2, 0.25) is 0 Å². The summed E-state index contributed by atoms with van der Waals surface area (Å²) in [4.78, 5) is 4.50. The van der Waals surface area contributed by atoms with Gasteiger partial charge in [-0.05, 0) is 57.7 Å². The molecule has 1 aromatic carbocycles. The van der Waals surface area contributed by atoms with Gasteiger partial charge in [0.2, 0.25) is 0 Å². The molecule has 0 saturated carbocycles. The molecule has 1 unspecified atom stereocenters. The van der Waals surface area contributed by atoms with Crippen molar-refractivity contribution in [3.05, 3.63) is 50.1 Å². The number of fused-ring (bicyclic) bond motifs is 1. The minimum Gasteiger partial charge on any atom is -0.322 e. The fourth-order valence-electron chi connectivity index (χ4n) is 2.33. The van der Waals surface area contributed by atoms with E-state index >= 15 is 0 Å². The molecule has 0 saturated heterocycles. The SMILES string of the molecule is Cc1cscc1Cn1c(C(C)Cl)nc2cc(F)c(Br)cc21. The number of aryl methyl sites for hydroxylation is 1. The number of aromatic nitrogens is 2. The van der Waals surface area contributed by atoms with Crippen LogP contribution >= 0.6 is 38.9 Å². The van der Waals surface area contributed by atoms with Crippen LogP contribution in [0.3, 0.4) is 0 Å². The normalized spacial score (nSPS) is 13.0. The summed E-state index contributed by atoms with van der Waals surface area (Å²) in [5, 5.41) is 4.01. The number of thiophene rings is 1. The molecule has 2 nitrogen and oxygen atoms in total. The third-order valence-electron chi connectivity index (χ3n) is 3.47. The van der Waals surface area contributed by atoms with Gasteiger partial charge in [-0.1, -0.05) is 0 Å². The van der Waals surface area contributed by atoms with Gasteiger partial charge in [-0.3, -0.25) is 0 Å². The predicted molar refractivity (Wildman–Crippen MR) is 89.8 cm³/mol. The Morgan fingerprint density at radius 3 is 2.81 bits per heavy atom. The summed E-state index contributed by atoms with van der Waals surface area (Å²) in [6.07, 6.45) is 0. The van der Waals surface area contributed by atoms with Crippen LogP contribution in [-0.4, -0.2) is 9.55 Å². The van der Waals surface area contributed by atoms with Crippen molar-refractivity contribution in [2.75, 3.05) is 0 Å². The number of hydrogen-bond acceptors (Lipinski definition) is 2. The number of alkyl halides is 1. The van der Waals surface area contributed by atoms with Gasteiger partial charge in [-0.25, -0.2) is 9.37 Å². The van der Waals surface area contributed by atoms with Crippen molar-refractivity contribution in [2.45, 2.75) is 25.8 Å². The van der Waals surface area contributed by atoms with Gasteiger partial charge in [-0.2, -0.15) is 11.3 Å². The van der Waals surface area contributed by atoms with Crippen LogP contribution in [-0.2, 0) is 6.54 Å². The first-order valence-corrected chi connectivity index (χ1v) is 8.65. The minimum absolute atomic E-state index is 0.238. The van der Waals surface area contributed by atoms with E-state index in [1.54, 1.807) is 17.4 Å². The highest BCUT2D eigenvalue weighted by Crippen LogP contribution is 2.30. The average Bonchev–Trinajstić information content (AvgIpc) is 2.97. The van der Waals surface area contributed by atoms with Crippen LogP contribution in [0, 0.1) is 12.7 Å². The summed E-state index contributed by atoms with van der Waals surface area (Å²) in [6.45, 7) is 4.66. The molecule has 1 atom stereocenters. The molecule has 0 aliphatic heterocycles. The fraction of sp³-hybridized carbons (Fsp3) is 0.267. The summed E-state index contributed by atoms with van der Waals surface area (Å²) < 4.78 is 16.2. The van der Waals surface area contributed by atoms with Gasteiger partial charge in [0.25, 0.3) is 0 Å². The monoisotopic (exact) mass is 386 g/mol. The van der Waals surface area contributed by atoms with Crippen LogP contribution in [0.1, 0.15) is 29.3 Å². The maximum absolute atomic E-state index is 13.7. The van der Waals surface area contributed by atoms with Crippen molar-refractivity contribution in [1.29, 1.82) is 0 Å². The van der Waals surface area contributed by atoms with E-state index in [0.717, 1.165) is 11.3 Å². The third-order valence-corrected chi connectivity index (χ3v) is 5.18. The molecule has 0 aliphatic rings. The Labute approximate surface area is 139 Å². The lowest BCUT2D eigenvalue weighted by Crippen LogP contribution is -2.06. The summed E-state index contributed by atoms with van der Waals surface area (Å²) in [5.74, 6) is 0.447. The molecule has 110 valence electrons. The van der Waals surface area contributed by atoms with Gasteiger partial charge >= 0.3 is 0 Å². The molecule has 0 amide bonds. The van der Waals surface area contributed by atoms with Crippen molar-refractivity contribution in [3.63, 3.8) is 0 Å². The second-order valence-corrected chi connectivity index (χ2v) is 7.26. The Balaban J connectivity index is 2.20. The summed E-state index contributed by atoms with van der Waals surface area (Å²) in [7, 11) is 0. The molecule has 3 aromatic rings. The predicted octanol–water partition coefficient (Wildman–Crippen LogP) is 5.66. The van der Waals surface area contributed by atoms with Crippen LogP contribution in [0.15, 0.2) is 27.4 Å². The highest BCUT2D eigenvalue weighted by Gasteiger charge is 2.17. The smallest absolute Gasteiger partial charge is 0.139 e. The van der Waals surface area contributed by atoms with Gasteiger partial charge in [0.15, 0.2) is 0 Å². The molecule has 2 heterocycles. The maximum atomic E-state index is 13.7.